The summed E-state index contributed by atoms with van der Waals surface area (Å²) in [5.74, 6) is 2.06. The monoisotopic (exact) mass is 497 g/mol. The first kappa shape index (κ1) is 25.6. The van der Waals surface area contributed by atoms with E-state index >= 15 is 0 Å². The molecular formula is C30H31N3O4. The molecule has 7 heteroatoms. The maximum atomic E-state index is 12.5. The Bertz CT molecular complexity index is 1360. The molecule has 0 spiro atoms. The van der Waals surface area contributed by atoms with E-state index in [2.05, 4.69) is 17.3 Å². The van der Waals surface area contributed by atoms with Crippen molar-refractivity contribution >= 4 is 17.7 Å². The van der Waals surface area contributed by atoms with E-state index in [0.29, 0.717) is 12.3 Å². The minimum absolute atomic E-state index is 0.246. The number of amides is 1. The fourth-order valence-electron chi connectivity index (χ4n) is 3.71. The van der Waals surface area contributed by atoms with Gasteiger partial charge >= 0.3 is 0 Å². The lowest BCUT2D eigenvalue weighted by atomic mass is 10.1. The SMILES string of the molecule is CCc1ccc(OCn2cc(NC(=O)/C=C/c3ccc(OC)c(COc4ccccc4C)c3)cn2)cc1. The molecule has 0 unspecified atom stereocenters. The van der Waals surface area contributed by atoms with Crippen LogP contribution in [-0.2, 0) is 24.6 Å². The molecule has 7 nitrogen and oxygen atoms in total. The Morgan fingerprint density at radius 3 is 2.59 bits per heavy atom. The lowest BCUT2D eigenvalue weighted by molar-refractivity contribution is -0.111. The molecule has 0 atom stereocenters. The number of hydrogen-bond acceptors (Lipinski definition) is 5. The van der Waals surface area contributed by atoms with E-state index in [0.717, 1.165) is 40.4 Å². The zero-order chi connectivity index (χ0) is 26.0. The van der Waals surface area contributed by atoms with Crippen LogP contribution >= 0.6 is 0 Å². The van der Waals surface area contributed by atoms with Gasteiger partial charge < -0.3 is 19.5 Å². The molecule has 1 amide bonds. The van der Waals surface area contributed by atoms with Gasteiger partial charge in [0.25, 0.3) is 0 Å². The minimum Gasteiger partial charge on any atom is -0.496 e. The van der Waals surface area contributed by atoms with Crippen molar-refractivity contribution in [2.75, 3.05) is 12.4 Å². The largest absolute Gasteiger partial charge is 0.496 e. The van der Waals surface area contributed by atoms with E-state index in [-0.39, 0.29) is 12.6 Å². The number of hydrogen-bond donors (Lipinski definition) is 1. The van der Waals surface area contributed by atoms with E-state index in [1.165, 1.54) is 11.6 Å². The zero-order valence-corrected chi connectivity index (χ0v) is 21.3. The number of methoxy groups -OCH3 is 1. The van der Waals surface area contributed by atoms with Crippen LogP contribution in [0, 0.1) is 6.92 Å². The molecule has 0 saturated carbocycles. The Kier molecular flexibility index (Phi) is 8.60. The number of para-hydroxylation sites is 1. The third kappa shape index (κ3) is 7.24. The number of anilines is 1. The first-order valence-electron chi connectivity index (χ1n) is 12.1. The topological polar surface area (TPSA) is 74.6 Å². The highest BCUT2D eigenvalue weighted by Crippen LogP contribution is 2.24. The van der Waals surface area contributed by atoms with Crippen LogP contribution in [0.1, 0.15) is 29.2 Å². The van der Waals surface area contributed by atoms with Crippen LogP contribution < -0.4 is 19.5 Å². The number of nitrogens with zero attached hydrogens (tertiary/aromatic N) is 2. The van der Waals surface area contributed by atoms with Gasteiger partial charge in [-0.1, -0.05) is 43.3 Å². The van der Waals surface area contributed by atoms with Crippen LogP contribution in [0.5, 0.6) is 17.2 Å². The molecule has 1 N–H and O–H groups in total. The number of ether oxygens (including phenoxy) is 3. The molecule has 190 valence electrons. The molecule has 37 heavy (non-hydrogen) atoms. The summed E-state index contributed by atoms with van der Waals surface area (Å²) in [7, 11) is 1.63. The predicted octanol–water partition coefficient (Wildman–Crippen LogP) is 6.03. The number of carbonyl (C=O) groups is 1. The zero-order valence-electron chi connectivity index (χ0n) is 21.3. The third-order valence-corrected chi connectivity index (χ3v) is 5.80. The highest BCUT2D eigenvalue weighted by Gasteiger charge is 2.07. The van der Waals surface area contributed by atoms with Crippen LogP contribution in [0.4, 0.5) is 5.69 Å². The molecule has 0 fully saturated rings. The van der Waals surface area contributed by atoms with Gasteiger partial charge in [-0.05, 0) is 66.4 Å². The molecule has 1 aromatic heterocycles. The average molecular weight is 498 g/mol. The van der Waals surface area contributed by atoms with Crippen molar-refractivity contribution in [3.63, 3.8) is 0 Å². The van der Waals surface area contributed by atoms with Gasteiger partial charge in [-0.2, -0.15) is 5.10 Å². The summed E-state index contributed by atoms with van der Waals surface area (Å²) in [6.45, 7) is 4.72. The second kappa shape index (κ2) is 12.4. The van der Waals surface area contributed by atoms with Crippen molar-refractivity contribution in [3.05, 3.63) is 107 Å². The number of nitrogens with one attached hydrogen (secondary N) is 1. The lowest BCUT2D eigenvalue weighted by Gasteiger charge is -2.12. The normalized spacial score (nSPS) is 10.9. The molecule has 4 aromatic rings. The minimum atomic E-state index is -0.260. The van der Waals surface area contributed by atoms with Gasteiger partial charge in [0.15, 0.2) is 6.73 Å². The Hall–Kier alpha value is -4.52. The highest BCUT2D eigenvalue weighted by atomic mass is 16.5. The fraction of sp³-hybridized carbons (Fsp3) is 0.200. The third-order valence-electron chi connectivity index (χ3n) is 5.80. The van der Waals surface area contributed by atoms with Gasteiger partial charge in [-0.25, -0.2) is 4.68 Å². The van der Waals surface area contributed by atoms with Crippen molar-refractivity contribution in [1.82, 2.24) is 9.78 Å². The van der Waals surface area contributed by atoms with Crippen LogP contribution in [0.3, 0.4) is 0 Å². The van der Waals surface area contributed by atoms with E-state index in [1.807, 2.05) is 73.7 Å². The van der Waals surface area contributed by atoms with Crippen LogP contribution in [0.15, 0.2) is 85.2 Å². The van der Waals surface area contributed by atoms with Crippen molar-refractivity contribution < 1.29 is 19.0 Å². The molecule has 4 rings (SSSR count). The number of aromatic nitrogens is 2. The summed E-state index contributed by atoms with van der Waals surface area (Å²) in [6.07, 6.45) is 7.53. The van der Waals surface area contributed by atoms with Gasteiger partial charge in [0, 0.05) is 11.6 Å². The summed E-state index contributed by atoms with van der Waals surface area (Å²) >= 11 is 0. The Balaban J connectivity index is 1.32. The quantitative estimate of drug-likeness (QED) is 0.256. The second-order valence-electron chi connectivity index (χ2n) is 8.49. The maximum absolute atomic E-state index is 12.5. The van der Waals surface area contributed by atoms with E-state index in [1.54, 1.807) is 30.3 Å². The first-order valence-corrected chi connectivity index (χ1v) is 12.1. The molecule has 3 aromatic carbocycles. The van der Waals surface area contributed by atoms with Crippen molar-refractivity contribution in [2.45, 2.75) is 33.6 Å². The lowest BCUT2D eigenvalue weighted by Crippen LogP contribution is -2.08. The molecule has 0 bridgehead atoms. The van der Waals surface area contributed by atoms with Gasteiger partial charge in [0.1, 0.15) is 23.9 Å². The molecular weight excluding hydrogens is 466 g/mol. The molecule has 0 aliphatic heterocycles. The smallest absolute Gasteiger partial charge is 0.248 e. The van der Waals surface area contributed by atoms with Gasteiger partial charge in [0.2, 0.25) is 5.91 Å². The summed E-state index contributed by atoms with van der Waals surface area (Å²) in [5, 5.41) is 7.07. The van der Waals surface area contributed by atoms with Gasteiger partial charge in [-0.3, -0.25) is 4.79 Å². The Morgan fingerprint density at radius 2 is 1.84 bits per heavy atom. The number of carbonyl (C=O) groups excluding carboxylic acids is 1. The molecule has 0 saturated heterocycles. The van der Waals surface area contributed by atoms with Crippen molar-refractivity contribution in [3.8, 4) is 17.2 Å². The standard InChI is InChI=1S/C30H31N3O4/c1-4-23-9-13-27(14-10-23)37-21-33-19-26(18-31-33)32-30(34)16-12-24-11-15-29(35-3)25(17-24)20-36-28-8-6-5-7-22(28)2/h5-19H,4,20-21H2,1-3H3,(H,32,34)/b16-12+. The molecule has 1 heterocycles. The second-order valence-corrected chi connectivity index (χ2v) is 8.49. The average Bonchev–Trinajstić information content (AvgIpc) is 3.37. The molecule has 0 radical (unpaired) electrons. The van der Waals surface area contributed by atoms with Crippen molar-refractivity contribution in [1.29, 1.82) is 0 Å². The number of rotatable bonds is 11. The summed E-state index contributed by atoms with van der Waals surface area (Å²) in [6, 6.07) is 21.5. The Labute approximate surface area is 217 Å². The van der Waals surface area contributed by atoms with Crippen LogP contribution in [-0.4, -0.2) is 22.8 Å². The highest BCUT2D eigenvalue weighted by molar-refractivity contribution is 6.01. The molecule has 0 aliphatic carbocycles. The first-order chi connectivity index (χ1) is 18.0. The Morgan fingerprint density at radius 1 is 1.03 bits per heavy atom. The number of aryl methyl sites for hydroxylation is 2. The van der Waals surface area contributed by atoms with Crippen LogP contribution in [0.25, 0.3) is 6.08 Å². The van der Waals surface area contributed by atoms with E-state index in [9.17, 15) is 4.79 Å². The summed E-state index contributed by atoms with van der Waals surface area (Å²) < 4.78 is 18.8. The number of benzene rings is 3. The molecule has 0 aliphatic rings. The fourth-order valence-corrected chi connectivity index (χ4v) is 3.71. The van der Waals surface area contributed by atoms with E-state index in [4.69, 9.17) is 14.2 Å². The van der Waals surface area contributed by atoms with Gasteiger partial charge in [-0.15, -0.1) is 0 Å². The van der Waals surface area contributed by atoms with Crippen LogP contribution in [0.2, 0.25) is 0 Å². The van der Waals surface area contributed by atoms with E-state index < -0.39 is 0 Å². The summed E-state index contributed by atoms with van der Waals surface area (Å²) in [4.78, 5) is 12.5. The van der Waals surface area contributed by atoms with Gasteiger partial charge in [0.05, 0.1) is 25.2 Å². The van der Waals surface area contributed by atoms with Crippen molar-refractivity contribution in [2.24, 2.45) is 0 Å². The summed E-state index contributed by atoms with van der Waals surface area (Å²) in [5.41, 5.74) is 4.65. The maximum Gasteiger partial charge on any atom is 0.248 e. The predicted molar refractivity (Wildman–Crippen MR) is 145 cm³/mol.